The Morgan fingerprint density at radius 2 is 1.05 bits per heavy atom. The van der Waals surface area contributed by atoms with Crippen LogP contribution in [-0.2, 0) is 43.2 Å². The highest BCUT2D eigenvalue weighted by Gasteiger charge is 2.32. The number of aliphatic imine (C=N–C) groups is 2. The molecule has 0 aromatic rings. The number of primary amides is 1. The van der Waals surface area contributed by atoms with Crippen LogP contribution in [0.1, 0.15) is 157 Å². The monoisotopic (exact) mass is 1070 g/mol. The second-order valence-electron chi connectivity index (χ2n) is 19.3. The van der Waals surface area contributed by atoms with E-state index in [2.05, 4.69) is 59.4 Å². The Labute approximate surface area is 443 Å². The summed E-state index contributed by atoms with van der Waals surface area (Å²) in [6, 6.07) is -7.37. The molecule has 0 saturated heterocycles. The summed E-state index contributed by atoms with van der Waals surface area (Å²) in [4.78, 5) is 126. The molecule has 430 valence electrons. The summed E-state index contributed by atoms with van der Waals surface area (Å²) in [7, 11) is 0. The van der Waals surface area contributed by atoms with Crippen LogP contribution in [0.5, 0.6) is 0 Å². The van der Waals surface area contributed by atoms with Crippen LogP contribution in [0.25, 0.3) is 0 Å². The Hall–Kier alpha value is -6.31. The van der Waals surface area contributed by atoms with E-state index in [1.165, 1.54) is 0 Å². The number of unbranched alkanes of at least 4 members (excludes halogenated alkanes) is 7. The van der Waals surface area contributed by atoms with E-state index in [0.717, 1.165) is 38.5 Å². The van der Waals surface area contributed by atoms with Gasteiger partial charge in [0, 0.05) is 38.5 Å². The number of nitrogens with one attached hydrogen (secondary N) is 8. The van der Waals surface area contributed by atoms with E-state index in [-0.39, 0.29) is 88.4 Å². The van der Waals surface area contributed by atoms with Crippen LogP contribution in [0.3, 0.4) is 0 Å². The molecule has 75 heavy (non-hydrogen) atoms. The number of carboxylic acids is 1. The van der Waals surface area contributed by atoms with Crippen LogP contribution in [-0.4, -0.2) is 145 Å². The number of aliphatic carboxylic acids is 1. The number of rotatable bonds is 43. The van der Waals surface area contributed by atoms with Gasteiger partial charge in [0.25, 0.3) is 0 Å². The minimum Gasteiger partial charge on any atom is -0.481 e. The third-order valence-electron chi connectivity index (χ3n) is 12.4. The molecule has 0 aliphatic heterocycles. The molecule has 0 saturated carbocycles. The van der Waals surface area contributed by atoms with Gasteiger partial charge in [0.1, 0.15) is 30.2 Å². The SMILES string of the molecule is CCCCCCCCCC(=O)N[C@@H](CCCN=C(N)N)C(=O)N[C@@H](CCC(=O)O)C(=O)N[C@@H](CCCCN)C(=O)N[C@@H](CCCN=C(N)N)CN[C@@H](C)C(=O)N[C@H](C(=O)NCC(=O)N[C@H](C(N)=O)[C@@H](C)CC)C(C)C. The van der Waals surface area contributed by atoms with Crippen molar-refractivity contribution in [1.29, 1.82) is 0 Å². The Morgan fingerprint density at radius 1 is 0.520 bits per heavy atom. The fourth-order valence-electron chi connectivity index (χ4n) is 7.65. The molecule has 0 aliphatic carbocycles. The molecule has 8 amide bonds. The van der Waals surface area contributed by atoms with Crippen molar-refractivity contribution in [3.63, 3.8) is 0 Å². The van der Waals surface area contributed by atoms with Gasteiger partial charge in [-0.2, -0.15) is 0 Å². The van der Waals surface area contributed by atoms with Crippen molar-refractivity contribution in [2.75, 3.05) is 32.7 Å². The predicted molar refractivity (Wildman–Crippen MR) is 288 cm³/mol. The lowest BCUT2D eigenvalue weighted by Crippen LogP contribution is -2.58. The minimum absolute atomic E-state index is 0.00802. The first kappa shape index (κ1) is 68.7. The van der Waals surface area contributed by atoms with Crippen molar-refractivity contribution >= 4 is 65.1 Å². The van der Waals surface area contributed by atoms with Gasteiger partial charge in [-0.25, -0.2) is 0 Å². The fourth-order valence-corrected chi connectivity index (χ4v) is 7.65. The lowest BCUT2D eigenvalue weighted by atomic mass is 9.98. The van der Waals surface area contributed by atoms with Gasteiger partial charge in [0.15, 0.2) is 11.9 Å². The Balaban J connectivity index is 6.32. The molecule has 21 N–H and O–H groups in total. The zero-order chi connectivity index (χ0) is 56.9. The van der Waals surface area contributed by atoms with Crippen LogP contribution in [0.15, 0.2) is 9.98 Å². The van der Waals surface area contributed by atoms with Crippen LogP contribution >= 0.6 is 0 Å². The normalized spacial score (nSPS) is 14.2. The Kier molecular flexibility index (Phi) is 36.7. The summed E-state index contributed by atoms with van der Waals surface area (Å²) >= 11 is 0. The predicted octanol–water partition coefficient (Wildman–Crippen LogP) is -1.58. The van der Waals surface area contributed by atoms with Crippen molar-refractivity contribution in [3.8, 4) is 0 Å². The van der Waals surface area contributed by atoms with E-state index in [0.29, 0.717) is 32.1 Å². The van der Waals surface area contributed by atoms with Gasteiger partial charge in [-0.3, -0.25) is 53.1 Å². The smallest absolute Gasteiger partial charge is 0.303 e. The van der Waals surface area contributed by atoms with Crippen LogP contribution < -0.4 is 76.9 Å². The highest BCUT2D eigenvalue weighted by Crippen LogP contribution is 2.12. The van der Waals surface area contributed by atoms with Gasteiger partial charge in [-0.05, 0) is 83.1 Å². The second kappa shape index (κ2) is 40.1. The molecule has 26 nitrogen and oxygen atoms in total. The summed E-state index contributed by atoms with van der Waals surface area (Å²) in [6.07, 6.45) is 8.80. The number of carbonyl (C=O) groups is 9. The number of nitrogens with zero attached hydrogens (tertiary/aromatic N) is 2. The Bertz CT molecular complexity index is 1830. The molecule has 8 atom stereocenters. The molecular formula is C49H94N16O10. The lowest BCUT2D eigenvalue weighted by molar-refractivity contribution is -0.138. The summed E-state index contributed by atoms with van der Waals surface area (Å²) in [5.41, 5.74) is 33.2. The quantitative estimate of drug-likeness (QED) is 0.0186. The molecule has 0 bridgehead atoms. The molecule has 0 heterocycles. The van der Waals surface area contributed by atoms with Crippen LogP contribution in [0, 0.1) is 11.8 Å². The largest absolute Gasteiger partial charge is 0.481 e. The van der Waals surface area contributed by atoms with E-state index in [1.54, 1.807) is 27.7 Å². The first-order valence-corrected chi connectivity index (χ1v) is 26.6. The zero-order valence-corrected chi connectivity index (χ0v) is 45.4. The number of guanidine groups is 2. The van der Waals surface area contributed by atoms with Crippen LogP contribution in [0.4, 0.5) is 0 Å². The van der Waals surface area contributed by atoms with E-state index in [9.17, 15) is 48.3 Å². The molecule has 0 aromatic heterocycles. The molecule has 0 fully saturated rings. The average molecular weight is 1070 g/mol. The summed E-state index contributed by atoms with van der Waals surface area (Å²) in [5.74, 6) is -7.33. The first-order chi connectivity index (χ1) is 35.5. The van der Waals surface area contributed by atoms with E-state index in [4.69, 9.17) is 34.4 Å². The molecule has 0 unspecified atom stereocenters. The van der Waals surface area contributed by atoms with Gasteiger partial charge < -0.3 is 82.0 Å². The number of nitrogens with two attached hydrogens (primary N) is 6. The van der Waals surface area contributed by atoms with E-state index in [1.807, 2.05) is 6.92 Å². The highest BCUT2D eigenvalue weighted by atomic mass is 16.4. The first-order valence-electron chi connectivity index (χ1n) is 26.6. The van der Waals surface area contributed by atoms with Gasteiger partial charge in [-0.1, -0.05) is 79.6 Å². The van der Waals surface area contributed by atoms with Gasteiger partial charge in [-0.15, -0.1) is 0 Å². The average Bonchev–Trinajstić information content (AvgIpc) is 3.34. The van der Waals surface area contributed by atoms with Crippen LogP contribution in [0.2, 0.25) is 0 Å². The summed E-state index contributed by atoms with van der Waals surface area (Å²) in [6.45, 7) is 10.9. The van der Waals surface area contributed by atoms with Crippen molar-refractivity contribution < 1.29 is 48.3 Å². The van der Waals surface area contributed by atoms with Crippen molar-refractivity contribution in [2.24, 2.45) is 56.2 Å². The summed E-state index contributed by atoms with van der Waals surface area (Å²) in [5, 5.41) is 31.4. The standard InChI is InChI=1S/C49H94N16O10/c1-7-9-10-11-12-13-14-22-37(66)61-34(21-18-27-57-49(54)55)45(73)63-36(23-24-39(68)69)46(74)62-35(20-15-16-25-50)44(72)60-33(19-17-26-56-48(52)53)28-58-32(6)43(71)65-40(30(3)4)47(75)59-29-38(67)64-41(42(51)70)31(5)8-2/h30-36,40-41,58H,7-29,50H2,1-6H3,(H2,51,70)(H,59,75)(H,60,72)(H,61,66)(H,62,74)(H,63,73)(H,64,67)(H,65,71)(H,68,69)(H4,52,53,56)(H4,54,55,57)/t31-,32-,33-,34-,35-,36-,40-,41-/m0/s1. The van der Waals surface area contributed by atoms with E-state index < -0.39 is 108 Å². The molecule has 0 aliphatic rings. The topological polar surface area (TPSA) is 451 Å². The van der Waals surface area contributed by atoms with E-state index >= 15 is 0 Å². The lowest BCUT2D eigenvalue weighted by Gasteiger charge is -2.28. The maximum Gasteiger partial charge on any atom is 0.303 e. The third kappa shape index (κ3) is 32.6. The third-order valence-corrected chi connectivity index (χ3v) is 12.4. The maximum atomic E-state index is 14.2. The number of carboxylic acid groups (broad SMARTS) is 1. The highest BCUT2D eigenvalue weighted by molar-refractivity contribution is 5.95. The molecule has 0 aromatic carbocycles. The molecule has 0 radical (unpaired) electrons. The Morgan fingerprint density at radius 3 is 1.59 bits per heavy atom. The zero-order valence-electron chi connectivity index (χ0n) is 45.4. The van der Waals surface area contributed by atoms with Gasteiger partial charge in [0.05, 0.1) is 12.6 Å². The minimum atomic E-state index is -1.44. The number of hydrogen-bond acceptors (Lipinski definition) is 13. The molecule has 0 spiro atoms. The molecule has 26 heteroatoms. The maximum absolute atomic E-state index is 14.2. The van der Waals surface area contributed by atoms with Gasteiger partial charge >= 0.3 is 5.97 Å². The van der Waals surface area contributed by atoms with Gasteiger partial charge in [0.2, 0.25) is 47.3 Å². The number of carbonyl (C=O) groups excluding carboxylic acids is 8. The van der Waals surface area contributed by atoms with Crippen molar-refractivity contribution in [2.45, 2.75) is 199 Å². The molecule has 0 rings (SSSR count). The molecular weight excluding hydrogens is 973 g/mol. The summed E-state index contributed by atoms with van der Waals surface area (Å²) < 4.78 is 0. The fraction of sp³-hybridized carbons (Fsp3) is 0.776. The second-order valence-corrected chi connectivity index (χ2v) is 19.3. The number of amides is 8. The van der Waals surface area contributed by atoms with Crippen molar-refractivity contribution in [3.05, 3.63) is 0 Å². The van der Waals surface area contributed by atoms with Crippen molar-refractivity contribution in [1.82, 2.24) is 42.5 Å². The number of hydrogen-bond donors (Lipinski definition) is 15.